The first kappa shape index (κ1) is 14.7. The summed E-state index contributed by atoms with van der Waals surface area (Å²) in [7, 11) is 1.88. The molecule has 2 aromatic rings. The van der Waals surface area contributed by atoms with Gasteiger partial charge < -0.3 is 15.5 Å². The fourth-order valence-electron chi connectivity index (χ4n) is 2.88. The maximum Gasteiger partial charge on any atom is 0.134 e. The summed E-state index contributed by atoms with van der Waals surface area (Å²) in [4.78, 5) is 15.1. The summed E-state index contributed by atoms with van der Waals surface area (Å²) in [6.45, 7) is 2.86. The van der Waals surface area contributed by atoms with Crippen LogP contribution in [0.4, 0.5) is 11.6 Å². The van der Waals surface area contributed by atoms with E-state index in [0.29, 0.717) is 6.04 Å². The maximum absolute atomic E-state index is 4.42. The van der Waals surface area contributed by atoms with Crippen LogP contribution in [0.2, 0.25) is 0 Å². The van der Waals surface area contributed by atoms with Gasteiger partial charge in [0.1, 0.15) is 18.0 Å². The topological polar surface area (TPSA) is 66.0 Å². The number of pyridine rings is 1. The van der Waals surface area contributed by atoms with Crippen LogP contribution in [-0.4, -0.2) is 41.1 Å². The van der Waals surface area contributed by atoms with Crippen molar-refractivity contribution in [1.29, 1.82) is 0 Å². The minimum atomic E-state index is 0.483. The van der Waals surface area contributed by atoms with E-state index in [1.54, 1.807) is 12.5 Å². The van der Waals surface area contributed by atoms with Gasteiger partial charge in [-0.25, -0.2) is 9.97 Å². The van der Waals surface area contributed by atoms with Gasteiger partial charge in [0.2, 0.25) is 0 Å². The highest BCUT2D eigenvalue weighted by atomic mass is 15.2. The van der Waals surface area contributed by atoms with E-state index in [2.05, 4.69) is 36.6 Å². The van der Waals surface area contributed by atoms with Crippen LogP contribution in [0, 0.1) is 0 Å². The minimum Gasteiger partial charge on any atom is -0.373 e. The molecule has 1 atom stereocenters. The van der Waals surface area contributed by atoms with Crippen molar-refractivity contribution < 1.29 is 0 Å². The molecule has 0 unspecified atom stereocenters. The van der Waals surface area contributed by atoms with Gasteiger partial charge in [0.25, 0.3) is 0 Å². The van der Waals surface area contributed by atoms with Gasteiger partial charge in [-0.05, 0) is 24.5 Å². The fourth-order valence-corrected chi connectivity index (χ4v) is 2.88. The van der Waals surface area contributed by atoms with Gasteiger partial charge in [0.05, 0.1) is 0 Å². The van der Waals surface area contributed by atoms with Crippen molar-refractivity contribution in [3.63, 3.8) is 0 Å². The molecule has 3 heterocycles. The Kier molecular flexibility index (Phi) is 4.80. The summed E-state index contributed by atoms with van der Waals surface area (Å²) in [6, 6.07) is 6.56. The monoisotopic (exact) mass is 298 g/mol. The number of aromatic nitrogens is 3. The molecule has 0 radical (unpaired) electrons. The molecular weight excluding hydrogens is 276 g/mol. The summed E-state index contributed by atoms with van der Waals surface area (Å²) in [5.74, 6) is 1.86. The lowest BCUT2D eigenvalue weighted by molar-refractivity contribution is 0.570. The van der Waals surface area contributed by atoms with Gasteiger partial charge in [-0.1, -0.05) is 6.07 Å². The highest BCUT2D eigenvalue weighted by Gasteiger charge is 2.25. The molecule has 1 aliphatic rings. The van der Waals surface area contributed by atoms with Crippen LogP contribution in [0.3, 0.4) is 0 Å². The first-order chi connectivity index (χ1) is 10.9. The molecule has 0 saturated carbocycles. The Labute approximate surface area is 131 Å². The third-order valence-corrected chi connectivity index (χ3v) is 4.01. The molecule has 1 fully saturated rings. The number of nitrogens with one attached hydrogen (secondary N) is 2. The van der Waals surface area contributed by atoms with Gasteiger partial charge in [-0.3, -0.25) is 4.98 Å². The molecule has 116 valence electrons. The molecule has 1 saturated heterocycles. The lowest BCUT2D eigenvalue weighted by Crippen LogP contribution is -2.38. The van der Waals surface area contributed by atoms with E-state index < -0.39 is 0 Å². The summed E-state index contributed by atoms with van der Waals surface area (Å²) in [5.41, 5.74) is 1.21. The van der Waals surface area contributed by atoms with Gasteiger partial charge in [0, 0.05) is 51.2 Å². The highest BCUT2D eigenvalue weighted by Crippen LogP contribution is 2.24. The Hall–Kier alpha value is -2.21. The Morgan fingerprint density at radius 1 is 1.36 bits per heavy atom. The van der Waals surface area contributed by atoms with Crippen LogP contribution in [0.5, 0.6) is 0 Å². The van der Waals surface area contributed by atoms with E-state index in [9.17, 15) is 0 Å². The van der Waals surface area contributed by atoms with Crippen LogP contribution in [0.25, 0.3) is 0 Å². The molecule has 6 heteroatoms. The standard InChI is InChI=1S/C16H22N6/c1-17-15-8-16(21-12-20-15)22-7-3-5-14(22)11-19-10-13-4-2-6-18-9-13/h2,4,6,8-9,12,14,19H,3,5,7,10-11H2,1H3,(H,17,20,21)/t14-/m0/s1. The molecule has 0 aromatic carbocycles. The van der Waals surface area contributed by atoms with Crippen molar-refractivity contribution in [2.45, 2.75) is 25.4 Å². The van der Waals surface area contributed by atoms with Crippen molar-refractivity contribution >= 4 is 11.6 Å². The number of hydrogen-bond donors (Lipinski definition) is 2. The molecular formula is C16H22N6. The van der Waals surface area contributed by atoms with Gasteiger partial charge in [0.15, 0.2) is 0 Å². The molecule has 0 bridgehead atoms. The molecule has 6 nitrogen and oxygen atoms in total. The number of rotatable bonds is 6. The SMILES string of the molecule is CNc1cc(N2CCC[C@H]2CNCc2cccnc2)ncn1. The average molecular weight is 298 g/mol. The lowest BCUT2D eigenvalue weighted by atomic mass is 10.2. The second-order valence-electron chi connectivity index (χ2n) is 5.49. The first-order valence-electron chi connectivity index (χ1n) is 7.73. The Balaban J connectivity index is 1.58. The van der Waals surface area contributed by atoms with Gasteiger partial charge >= 0.3 is 0 Å². The average Bonchev–Trinajstić information content (AvgIpc) is 3.04. The molecule has 2 aromatic heterocycles. The van der Waals surface area contributed by atoms with Crippen molar-refractivity contribution in [1.82, 2.24) is 20.3 Å². The smallest absolute Gasteiger partial charge is 0.134 e. The molecule has 22 heavy (non-hydrogen) atoms. The van der Waals surface area contributed by atoms with Gasteiger partial charge in [-0.15, -0.1) is 0 Å². The molecule has 0 aliphatic carbocycles. The third-order valence-electron chi connectivity index (χ3n) is 4.01. The van der Waals surface area contributed by atoms with Gasteiger partial charge in [-0.2, -0.15) is 0 Å². The minimum absolute atomic E-state index is 0.483. The highest BCUT2D eigenvalue weighted by molar-refractivity contribution is 5.49. The zero-order valence-electron chi connectivity index (χ0n) is 12.9. The number of nitrogens with zero attached hydrogens (tertiary/aromatic N) is 4. The number of anilines is 2. The quantitative estimate of drug-likeness (QED) is 0.846. The van der Waals surface area contributed by atoms with Crippen molar-refractivity contribution in [2.75, 3.05) is 30.4 Å². The van der Waals surface area contributed by atoms with E-state index in [0.717, 1.165) is 31.3 Å². The van der Waals surface area contributed by atoms with E-state index in [4.69, 9.17) is 0 Å². The largest absolute Gasteiger partial charge is 0.373 e. The van der Waals surface area contributed by atoms with Crippen LogP contribution in [0.15, 0.2) is 36.9 Å². The number of hydrogen-bond acceptors (Lipinski definition) is 6. The predicted octanol–water partition coefficient (Wildman–Crippen LogP) is 1.67. The molecule has 0 spiro atoms. The van der Waals surface area contributed by atoms with Crippen LogP contribution >= 0.6 is 0 Å². The van der Waals surface area contributed by atoms with Crippen molar-refractivity contribution in [3.05, 3.63) is 42.5 Å². The van der Waals surface area contributed by atoms with E-state index in [-0.39, 0.29) is 0 Å². The van der Waals surface area contributed by atoms with Crippen LogP contribution in [0.1, 0.15) is 18.4 Å². The Morgan fingerprint density at radius 3 is 3.14 bits per heavy atom. The fraction of sp³-hybridized carbons (Fsp3) is 0.438. The zero-order valence-corrected chi connectivity index (χ0v) is 12.9. The second-order valence-corrected chi connectivity index (χ2v) is 5.49. The Bertz CT molecular complexity index is 588. The molecule has 2 N–H and O–H groups in total. The predicted molar refractivity (Wildman–Crippen MR) is 87.9 cm³/mol. The molecule has 1 aliphatic heterocycles. The van der Waals surface area contributed by atoms with Crippen molar-refractivity contribution in [2.24, 2.45) is 0 Å². The first-order valence-corrected chi connectivity index (χ1v) is 7.73. The molecule has 0 amide bonds. The Morgan fingerprint density at radius 2 is 2.32 bits per heavy atom. The maximum atomic E-state index is 4.42. The second kappa shape index (κ2) is 7.17. The lowest BCUT2D eigenvalue weighted by Gasteiger charge is -2.26. The summed E-state index contributed by atoms with van der Waals surface area (Å²) < 4.78 is 0. The van der Waals surface area contributed by atoms with E-state index in [1.807, 2.05) is 25.4 Å². The van der Waals surface area contributed by atoms with E-state index in [1.165, 1.54) is 18.4 Å². The van der Waals surface area contributed by atoms with E-state index >= 15 is 0 Å². The molecule has 3 rings (SSSR count). The third kappa shape index (κ3) is 3.51. The van der Waals surface area contributed by atoms with Crippen molar-refractivity contribution in [3.8, 4) is 0 Å². The zero-order chi connectivity index (χ0) is 15.2. The summed E-state index contributed by atoms with van der Waals surface area (Å²) in [6.07, 6.45) is 7.73. The summed E-state index contributed by atoms with van der Waals surface area (Å²) >= 11 is 0. The van der Waals surface area contributed by atoms with Crippen LogP contribution in [-0.2, 0) is 6.54 Å². The normalized spacial score (nSPS) is 17.7. The van der Waals surface area contributed by atoms with Crippen LogP contribution < -0.4 is 15.5 Å². The summed E-state index contributed by atoms with van der Waals surface area (Å²) in [5, 5.41) is 6.60.